The molecule has 2 bridgehead atoms. The first-order chi connectivity index (χ1) is 11.5. The summed E-state index contributed by atoms with van der Waals surface area (Å²) in [6.45, 7) is 1.78. The number of nitrogens with one attached hydrogen (secondary N) is 1. The predicted octanol–water partition coefficient (Wildman–Crippen LogP) is 1.99. The van der Waals surface area contributed by atoms with Gasteiger partial charge in [0.15, 0.2) is 6.23 Å². The Labute approximate surface area is 141 Å². The Kier molecular flexibility index (Phi) is 3.49. The second-order valence-electron chi connectivity index (χ2n) is 7.04. The lowest BCUT2D eigenvalue weighted by Gasteiger charge is -2.34. The van der Waals surface area contributed by atoms with Gasteiger partial charge in [0.25, 0.3) is 0 Å². The molecule has 5 nitrogen and oxygen atoms in total. The molecule has 0 spiro atoms. The summed E-state index contributed by atoms with van der Waals surface area (Å²) in [5.74, 6) is 0.0546. The number of carbonyl (C=O) groups excluding carboxylic acids is 2. The molecular weight excluding hydrogens is 306 g/mol. The van der Waals surface area contributed by atoms with Crippen LogP contribution in [0.3, 0.4) is 0 Å². The molecule has 5 heteroatoms. The monoisotopic (exact) mass is 327 g/mol. The number of hydrogen-bond donors (Lipinski definition) is 1. The van der Waals surface area contributed by atoms with E-state index in [9.17, 15) is 9.59 Å². The first kappa shape index (κ1) is 15.4. The van der Waals surface area contributed by atoms with Crippen LogP contribution in [0.5, 0.6) is 0 Å². The maximum Gasteiger partial charge on any atom is 0.330 e. The van der Waals surface area contributed by atoms with E-state index in [0.29, 0.717) is 5.92 Å². The van der Waals surface area contributed by atoms with Crippen molar-refractivity contribution in [1.29, 1.82) is 0 Å². The number of carbonyl (C=O) groups is 2. The van der Waals surface area contributed by atoms with Crippen LogP contribution in [0.1, 0.15) is 18.9 Å². The highest BCUT2D eigenvalue weighted by molar-refractivity contribution is 5.82. The molecule has 24 heavy (non-hydrogen) atoms. The van der Waals surface area contributed by atoms with Gasteiger partial charge < -0.3 is 9.47 Å². The van der Waals surface area contributed by atoms with Crippen LogP contribution in [0.2, 0.25) is 0 Å². The van der Waals surface area contributed by atoms with E-state index in [0.717, 1.165) is 12.0 Å². The second kappa shape index (κ2) is 5.45. The minimum atomic E-state index is -1.07. The lowest BCUT2D eigenvalue weighted by atomic mass is 9.82. The van der Waals surface area contributed by atoms with Crippen LogP contribution in [0.4, 0.5) is 0 Å². The molecule has 1 aliphatic heterocycles. The van der Waals surface area contributed by atoms with Crippen molar-refractivity contribution in [2.24, 2.45) is 23.7 Å². The van der Waals surface area contributed by atoms with Crippen LogP contribution in [-0.4, -0.2) is 25.3 Å². The van der Waals surface area contributed by atoms with Gasteiger partial charge in [-0.15, -0.1) is 0 Å². The molecule has 1 saturated heterocycles. The fourth-order valence-electron chi connectivity index (χ4n) is 4.53. The molecule has 0 amide bonds. The molecule has 126 valence electrons. The topological polar surface area (TPSA) is 64.6 Å². The molecule has 1 aromatic rings. The first-order valence-corrected chi connectivity index (χ1v) is 8.35. The fourth-order valence-corrected chi connectivity index (χ4v) is 4.53. The van der Waals surface area contributed by atoms with Crippen LogP contribution in [0, 0.1) is 23.7 Å². The number of rotatable bonds is 4. The van der Waals surface area contributed by atoms with E-state index in [2.05, 4.69) is 17.5 Å². The number of cyclic esters (lactones) is 1. The molecule has 0 unspecified atom stereocenters. The molecular formula is C19H21NO4. The van der Waals surface area contributed by atoms with Crippen molar-refractivity contribution in [2.45, 2.75) is 25.1 Å². The highest BCUT2D eigenvalue weighted by Gasteiger charge is 2.59. The Bertz CT molecular complexity index is 701. The van der Waals surface area contributed by atoms with E-state index in [1.807, 2.05) is 30.3 Å². The minimum absolute atomic E-state index is 0.0835. The Morgan fingerprint density at radius 2 is 1.96 bits per heavy atom. The minimum Gasteiger partial charge on any atom is -0.467 e. The van der Waals surface area contributed by atoms with E-state index in [-0.39, 0.29) is 23.7 Å². The van der Waals surface area contributed by atoms with Gasteiger partial charge in [-0.2, -0.15) is 0 Å². The molecule has 3 aliphatic rings. The normalized spacial score (nSPS) is 35.4. The summed E-state index contributed by atoms with van der Waals surface area (Å²) in [6.07, 6.45) is 4.84. The summed E-state index contributed by atoms with van der Waals surface area (Å²) in [6, 6.07) is 9.40. The maximum atomic E-state index is 12.5. The zero-order chi connectivity index (χ0) is 16.9. The molecule has 1 aromatic carbocycles. The van der Waals surface area contributed by atoms with E-state index in [1.165, 1.54) is 7.11 Å². The van der Waals surface area contributed by atoms with E-state index in [1.54, 1.807) is 6.92 Å². The summed E-state index contributed by atoms with van der Waals surface area (Å²) in [7, 11) is 1.37. The summed E-state index contributed by atoms with van der Waals surface area (Å²) >= 11 is 0. The molecule has 2 aliphatic carbocycles. The van der Waals surface area contributed by atoms with E-state index >= 15 is 0 Å². The van der Waals surface area contributed by atoms with Gasteiger partial charge in [0.1, 0.15) is 5.54 Å². The average Bonchev–Trinajstić information content (AvgIpc) is 3.29. The van der Waals surface area contributed by atoms with Crippen molar-refractivity contribution in [2.75, 3.05) is 7.11 Å². The third kappa shape index (κ3) is 2.11. The number of hydrogen-bond acceptors (Lipinski definition) is 5. The van der Waals surface area contributed by atoms with Gasteiger partial charge in [0.05, 0.1) is 13.0 Å². The summed E-state index contributed by atoms with van der Waals surface area (Å²) in [5, 5.41) is 3.29. The van der Waals surface area contributed by atoms with Gasteiger partial charge in [0.2, 0.25) is 0 Å². The predicted molar refractivity (Wildman–Crippen MR) is 86.5 cm³/mol. The van der Waals surface area contributed by atoms with Gasteiger partial charge in [-0.3, -0.25) is 10.1 Å². The molecule has 1 heterocycles. The Morgan fingerprint density at radius 3 is 2.67 bits per heavy atom. The van der Waals surface area contributed by atoms with Crippen molar-refractivity contribution in [1.82, 2.24) is 5.32 Å². The lowest BCUT2D eigenvalue weighted by Crippen LogP contribution is -2.54. The van der Waals surface area contributed by atoms with Gasteiger partial charge >= 0.3 is 11.9 Å². The average molecular weight is 327 g/mol. The molecule has 1 N–H and O–H groups in total. The van der Waals surface area contributed by atoms with E-state index in [4.69, 9.17) is 9.47 Å². The number of fused-ring (bicyclic) bond motifs is 5. The number of methoxy groups -OCH3 is 1. The maximum absolute atomic E-state index is 12.5. The molecule has 0 aromatic heterocycles. The summed E-state index contributed by atoms with van der Waals surface area (Å²) in [5.41, 5.74) is -0.281. The number of ether oxygens (including phenoxy) is 2. The SMILES string of the molecule is COC(=O)[C@@](C)(N[C@H]1OC(=O)[C@H]2[C@@H]1[C@H]1C=C[C@@H]2C1)c1ccccc1. The number of allylic oxidation sites excluding steroid dienone is 2. The highest BCUT2D eigenvalue weighted by Crippen LogP contribution is 2.53. The smallest absolute Gasteiger partial charge is 0.330 e. The van der Waals surface area contributed by atoms with Crippen LogP contribution >= 0.6 is 0 Å². The lowest BCUT2D eigenvalue weighted by molar-refractivity contribution is -0.155. The number of esters is 2. The quantitative estimate of drug-likeness (QED) is 0.677. The Morgan fingerprint density at radius 1 is 1.25 bits per heavy atom. The van der Waals surface area contributed by atoms with Crippen LogP contribution in [0.25, 0.3) is 0 Å². The summed E-state index contributed by atoms with van der Waals surface area (Å²) in [4.78, 5) is 24.8. The first-order valence-electron chi connectivity index (χ1n) is 8.35. The highest BCUT2D eigenvalue weighted by atomic mass is 16.6. The van der Waals surface area contributed by atoms with Gasteiger partial charge in [-0.05, 0) is 30.7 Å². The van der Waals surface area contributed by atoms with Crippen molar-refractivity contribution >= 4 is 11.9 Å². The van der Waals surface area contributed by atoms with Crippen molar-refractivity contribution < 1.29 is 19.1 Å². The third-order valence-corrected chi connectivity index (χ3v) is 5.76. The third-order valence-electron chi connectivity index (χ3n) is 5.76. The molecule has 2 fully saturated rings. The van der Waals surface area contributed by atoms with E-state index < -0.39 is 17.7 Å². The van der Waals surface area contributed by atoms with Gasteiger partial charge in [0, 0.05) is 5.92 Å². The van der Waals surface area contributed by atoms with Crippen molar-refractivity contribution in [3.05, 3.63) is 48.0 Å². The zero-order valence-corrected chi connectivity index (χ0v) is 13.8. The molecule has 6 atom stereocenters. The van der Waals surface area contributed by atoms with Gasteiger partial charge in [-0.1, -0.05) is 42.5 Å². The van der Waals surface area contributed by atoms with Crippen LogP contribution in [-0.2, 0) is 24.6 Å². The molecule has 1 saturated carbocycles. The molecule has 4 rings (SSSR count). The van der Waals surface area contributed by atoms with Crippen LogP contribution < -0.4 is 5.32 Å². The summed E-state index contributed by atoms with van der Waals surface area (Å²) < 4.78 is 10.6. The van der Waals surface area contributed by atoms with Crippen LogP contribution in [0.15, 0.2) is 42.5 Å². The molecule has 0 radical (unpaired) electrons. The fraction of sp³-hybridized carbons (Fsp3) is 0.474. The zero-order valence-electron chi connectivity index (χ0n) is 13.8. The van der Waals surface area contributed by atoms with Crippen molar-refractivity contribution in [3.63, 3.8) is 0 Å². The largest absolute Gasteiger partial charge is 0.467 e. The Hall–Kier alpha value is -2.14. The standard InChI is InChI=1S/C19H21NO4/c1-19(18(22)23-2,13-6-4-3-5-7-13)20-16-14-11-8-9-12(10-11)15(14)17(21)24-16/h3-9,11-12,14-16,20H,10H2,1-2H3/t11-,12+,14-,15+,16-,19-/m0/s1. The van der Waals surface area contributed by atoms with Crippen molar-refractivity contribution in [3.8, 4) is 0 Å². The number of benzene rings is 1. The second-order valence-corrected chi connectivity index (χ2v) is 7.04. The van der Waals surface area contributed by atoms with Gasteiger partial charge in [-0.25, -0.2) is 4.79 Å². The Balaban J connectivity index is 1.65.